The molecule has 3 aromatic rings. The van der Waals surface area contributed by atoms with Crippen molar-refractivity contribution in [3.63, 3.8) is 0 Å². The maximum Gasteiger partial charge on any atom is 0.186 e. The largest absolute Gasteiger partial charge is 0.490 e. The molecule has 1 N–H and O–H groups in total. The van der Waals surface area contributed by atoms with Crippen molar-refractivity contribution >= 4 is 34.0 Å². The van der Waals surface area contributed by atoms with Crippen LogP contribution in [0, 0.1) is 0 Å². The molecule has 0 aromatic heterocycles. The van der Waals surface area contributed by atoms with Crippen LogP contribution in [0.25, 0.3) is 10.8 Å². The first kappa shape index (κ1) is 17.5. The predicted octanol–water partition coefficient (Wildman–Crippen LogP) is 5.81. The van der Waals surface area contributed by atoms with Gasteiger partial charge in [0.1, 0.15) is 11.9 Å². The van der Waals surface area contributed by atoms with Gasteiger partial charge in [-0.25, -0.2) is 0 Å². The van der Waals surface area contributed by atoms with Gasteiger partial charge < -0.3 is 10.1 Å². The Kier molecular flexibility index (Phi) is 4.94. The minimum Gasteiger partial charge on any atom is -0.490 e. The van der Waals surface area contributed by atoms with E-state index < -0.39 is 0 Å². The number of piperidine rings is 1. The van der Waals surface area contributed by atoms with E-state index in [0.717, 1.165) is 36.0 Å². The third-order valence-electron chi connectivity index (χ3n) is 4.89. The van der Waals surface area contributed by atoms with Gasteiger partial charge in [0.2, 0.25) is 0 Å². The first-order valence-electron chi connectivity index (χ1n) is 8.64. The van der Waals surface area contributed by atoms with E-state index in [-0.39, 0.29) is 17.8 Å². The summed E-state index contributed by atoms with van der Waals surface area (Å²) in [7, 11) is 0. The van der Waals surface area contributed by atoms with Gasteiger partial charge in [-0.15, -0.1) is 0 Å². The summed E-state index contributed by atoms with van der Waals surface area (Å²) < 4.78 is 6.25. The molecule has 133 valence electrons. The highest BCUT2D eigenvalue weighted by molar-refractivity contribution is 6.42. The summed E-state index contributed by atoms with van der Waals surface area (Å²) in [6.45, 7) is 1.73. The molecule has 0 bridgehead atoms. The lowest BCUT2D eigenvalue weighted by atomic mass is 9.87. The summed E-state index contributed by atoms with van der Waals surface area (Å²) in [5, 5.41) is 18.1. The number of halogens is 2. The third-order valence-corrected chi connectivity index (χ3v) is 5.63. The summed E-state index contributed by atoms with van der Waals surface area (Å²) in [5.41, 5.74) is 1.17. The highest BCUT2D eigenvalue weighted by Gasteiger charge is 2.28. The minimum atomic E-state index is 0.0291. The number of fused-ring (bicyclic) bond motifs is 1. The van der Waals surface area contributed by atoms with Crippen LogP contribution in [0.1, 0.15) is 17.9 Å². The standard InChI is InChI=1S/C21H18Cl2NO2/c22-18-7-5-15(11-19(18)23)26-21-8-9-24-12-17(21)14-4-6-16-13(10-14)2-1-3-20(16)25/h1-7,10-11,17,21,24H,8-9,12H2. The summed E-state index contributed by atoms with van der Waals surface area (Å²) in [5.74, 6) is 0.969. The van der Waals surface area contributed by atoms with Crippen molar-refractivity contribution in [2.75, 3.05) is 13.1 Å². The molecule has 1 radical (unpaired) electrons. The van der Waals surface area contributed by atoms with Crippen molar-refractivity contribution in [3.05, 3.63) is 70.2 Å². The molecule has 1 fully saturated rings. The maximum atomic E-state index is 12.0. The zero-order valence-corrected chi connectivity index (χ0v) is 15.6. The number of hydrogen-bond acceptors (Lipinski definition) is 2. The second kappa shape index (κ2) is 7.36. The lowest BCUT2D eigenvalue weighted by Crippen LogP contribution is -2.41. The summed E-state index contributed by atoms with van der Waals surface area (Å²) in [4.78, 5) is 0. The normalized spacial score (nSPS) is 20.2. The number of ether oxygens (including phenoxy) is 1. The second-order valence-corrected chi connectivity index (χ2v) is 7.38. The third kappa shape index (κ3) is 3.48. The smallest absolute Gasteiger partial charge is 0.186 e. The number of rotatable bonds is 3. The first-order valence-corrected chi connectivity index (χ1v) is 9.39. The van der Waals surface area contributed by atoms with E-state index in [4.69, 9.17) is 27.9 Å². The van der Waals surface area contributed by atoms with Gasteiger partial charge in [-0.3, -0.25) is 5.11 Å². The van der Waals surface area contributed by atoms with E-state index in [2.05, 4.69) is 11.4 Å². The molecule has 3 nitrogen and oxygen atoms in total. The fraction of sp³-hybridized carbons (Fsp3) is 0.238. The van der Waals surface area contributed by atoms with Gasteiger partial charge in [-0.05, 0) is 42.1 Å². The van der Waals surface area contributed by atoms with Gasteiger partial charge in [0.25, 0.3) is 0 Å². The highest BCUT2D eigenvalue weighted by atomic mass is 35.5. The quantitative estimate of drug-likeness (QED) is 0.616. The SMILES string of the molecule is [O]c1cccc2cc(C3CNCCC3Oc3ccc(Cl)c(Cl)c3)ccc12. The van der Waals surface area contributed by atoms with Crippen LogP contribution in [0.2, 0.25) is 10.0 Å². The molecule has 0 spiro atoms. The Bertz CT molecular complexity index is 944. The van der Waals surface area contributed by atoms with Crippen molar-refractivity contribution in [3.8, 4) is 11.5 Å². The lowest BCUT2D eigenvalue weighted by Gasteiger charge is -2.33. The van der Waals surface area contributed by atoms with Crippen LogP contribution in [0.15, 0.2) is 54.6 Å². The first-order chi connectivity index (χ1) is 12.6. The van der Waals surface area contributed by atoms with Crippen LogP contribution in [0.5, 0.6) is 11.5 Å². The second-order valence-electron chi connectivity index (χ2n) is 6.57. The molecule has 0 saturated carbocycles. The van der Waals surface area contributed by atoms with Gasteiger partial charge in [-0.1, -0.05) is 53.5 Å². The Balaban J connectivity index is 1.63. The van der Waals surface area contributed by atoms with Crippen LogP contribution < -0.4 is 10.1 Å². The predicted molar refractivity (Wildman–Crippen MR) is 105 cm³/mol. The van der Waals surface area contributed by atoms with E-state index in [0.29, 0.717) is 10.0 Å². The van der Waals surface area contributed by atoms with E-state index in [1.54, 1.807) is 24.3 Å². The summed E-state index contributed by atoms with van der Waals surface area (Å²) in [6.07, 6.45) is 0.922. The Morgan fingerprint density at radius 1 is 1.00 bits per heavy atom. The molecular formula is C21H18Cl2NO2. The van der Waals surface area contributed by atoms with Gasteiger partial charge in [0.05, 0.1) is 10.0 Å². The van der Waals surface area contributed by atoms with Gasteiger partial charge in [0, 0.05) is 23.9 Å². The van der Waals surface area contributed by atoms with Gasteiger partial charge >= 0.3 is 0 Å². The monoisotopic (exact) mass is 386 g/mol. The van der Waals surface area contributed by atoms with Crippen molar-refractivity contribution in [1.82, 2.24) is 5.32 Å². The molecule has 2 unspecified atom stereocenters. The van der Waals surface area contributed by atoms with E-state index in [1.165, 1.54) is 5.56 Å². The zero-order chi connectivity index (χ0) is 18.1. The molecule has 4 rings (SSSR count). The fourth-order valence-corrected chi connectivity index (χ4v) is 3.82. The van der Waals surface area contributed by atoms with Crippen molar-refractivity contribution in [1.29, 1.82) is 0 Å². The topological polar surface area (TPSA) is 41.2 Å². The number of benzene rings is 3. The van der Waals surface area contributed by atoms with Crippen LogP contribution in [0.4, 0.5) is 0 Å². The fourth-order valence-electron chi connectivity index (χ4n) is 3.54. The van der Waals surface area contributed by atoms with E-state index in [1.807, 2.05) is 24.3 Å². The van der Waals surface area contributed by atoms with Gasteiger partial charge in [-0.2, -0.15) is 0 Å². The molecule has 1 saturated heterocycles. The minimum absolute atomic E-state index is 0.0291. The molecule has 1 aliphatic heterocycles. The molecule has 0 aliphatic carbocycles. The Morgan fingerprint density at radius 3 is 2.73 bits per heavy atom. The summed E-state index contributed by atoms with van der Waals surface area (Å²) in [6, 6.07) is 16.8. The summed E-state index contributed by atoms with van der Waals surface area (Å²) >= 11 is 12.1. The Morgan fingerprint density at radius 2 is 1.88 bits per heavy atom. The van der Waals surface area contributed by atoms with E-state index >= 15 is 0 Å². The molecule has 1 aliphatic rings. The van der Waals surface area contributed by atoms with Crippen LogP contribution in [-0.4, -0.2) is 19.2 Å². The van der Waals surface area contributed by atoms with Crippen LogP contribution in [0.3, 0.4) is 0 Å². The molecule has 2 atom stereocenters. The average molecular weight is 387 g/mol. The van der Waals surface area contributed by atoms with Gasteiger partial charge in [0.15, 0.2) is 5.75 Å². The molecule has 1 heterocycles. The van der Waals surface area contributed by atoms with Crippen LogP contribution >= 0.6 is 23.2 Å². The maximum absolute atomic E-state index is 12.0. The van der Waals surface area contributed by atoms with Crippen LogP contribution in [-0.2, 0) is 5.11 Å². The van der Waals surface area contributed by atoms with Crippen molar-refractivity contribution in [2.24, 2.45) is 0 Å². The molecule has 0 amide bonds. The zero-order valence-electron chi connectivity index (χ0n) is 14.0. The Hall–Kier alpha value is -1.94. The van der Waals surface area contributed by atoms with Crippen molar-refractivity contribution < 1.29 is 9.84 Å². The molecule has 26 heavy (non-hydrogen) atoms. The molecule has 5 heteroatoms. The van der Waals surface area contributed by atoms with Crippen molar-refractivity contribution in [2.45, 2.75) is 18.4 Å². The van der Waals surface area contributed by atoms with E-state index in [9.17, 15) is 5.11 Å². The average Bonchev–Trinajstić information content (AvgIpc) is 2.65. The molecule has 3 aromatic carbocycles. The highest BCUT2D eigenvalue weighted by Crippen LogP contribution is 2.34. The number of nitrogens with one attached hydrogen (secondary N) is 1. The number of hydrogen-bond donors (Lipinski definition) is 1. The lowest BCUT2D eigenvalue weighted by molar-refractivity contribution is 0.138. The Labute approximate surface area is 162 Å². The molecular weight excluding hydrogens is 369 g/mol.